The van der Waals surface area contributed by atoms with E-state index in [0.717, 1.165) is 5.69 Å². The van der Waals surface area contributed by atoms with E-state index in [9.17, 15) is 9.90 Å². The summed E-state index contributed by atoms with van der Waals surface area (Å²) in [6.45, 7) is 5.25. The highest BCUT2D eigenvalue weighted by atomic mass is 16.4. The number of aryl methyl sites for hydroxylation is 1. The first-order valence-electron chi connectivity index (χ1n) is 5.94. The summed E-state index contributed by atoms with van der Waals surface area (Å²) in [7, 11) is 0. The highest BCUT2D eigenvalue weighted by Crippen LogP contribution is 2.25. The molecule has 1 N–H and O–H groups in total. The van der Waals surface area contributed by atoms with Crippen LogP contribution >= 0.6 is 0 Å². The Kier molecular flexibility index (Phi) is 3.28. The van der Waals surface area contributed by atoms with Crippen LogP contribution in [0.4, 0.5) is 0 Å². The van der Waals surface area contributed by atoms with Gasteiger partial charge < -0.3 is 5.11 Å². The topological polar surface area (TPSA) is 93.8 Å². The predicted octanol–water partition coefficient (Wildman–Crippen LogP) is 1.25. The second kappa shape index (κ2) is 4.75. The van der Waals surface area contributed by atoms with E-state index in [4.69, 9.17) is 0 Å². The van der Waals surface area contributed by atoms with Gasteiger partial charge in [0, 0.05) is 17.5 Å². The molecule has 2 aromatic heterocycles. The Morgan fingerprint density at radius 1 is 1.47 bits per heavy atom. The maximum absolute atomic E-state index is 11.5. The van der Waals surface area contributed by atoms with Gasteiger partial charge >= 0.3 is 5.97 Å². The third-order valence-electron chi connectivity index (χ3n) is 3.26. The summed E-state index contributed by atoms with van der Waals surface area (Å²) in [6, 6.07) is 3.65. The lowest BCUT2D eigenvalue weighted by molar-refractivity contribution is -0.147. The third kappa shape index (κ3) is 2.18. The van der Waals surface area contributed by atoms with Gasteiger partial charge in [0.05, 0.1) is 0 Å². The van der Waals surface area contributed by atoms with Crippen LogP contribution in [0.5, 0.6) is 0 Å². The molecule has 1 atom stereocenters. The van der Waals surface area contributed by atoms with Crippen LogP contribution in [0.25, 0.3) is 11.4 Å². The molecule has 0 radical (unpaired) electrons. The Bertz CT molecular complexity index is 592. The number of pyridine rings is 1. The molecule has 2 aromatic rings. The van der Waals surface area contributed by atoms with Gasteiger partial charge in [-0.3, -0.25) is 4.98 Å². The number of nitrogens with zero attached hydrogens (tertiary/aromatic N) is 5. The van der Waals surface area contributed by atoms with E-state index >= 15 is 0 Å². The molecule has 0 amide bonds. The zero-order valence-corrected chi connectivity index (χ0v) is 11.0. The van der Waals surface area contributed by atoms with Crippen LogP contribution in [-0.4, -0.2) is 36.3 Å². The number of hydrogen-bond acceptors (Lipinski definition) is 5. The minimum atomic E-state index is -1.18. The first-order chi connectivity index (χ1) is 8.99. The molecule has 0 saturated heterocycles. The summed E-state index contributed by atoms with van der Waals surface area (Å²) >= 11 is 0. The lowest BCUT2D eigenvalue weighted by atomic mass is 9.99. The zero-order valence-electron chi connectivity index (χ0n) is 11.0. The van der Waals surface area contributed by atoms with Gasteiger partial charge in [-0.25, -0.2) is 9.48 Å². The standard InChI is InChI=1S/C12H15N5O2/c1-4-12(3,11(18)19)17-10(14-15-16-17)9-6-5-8(2)13-7-9/h5-7H,4H2,1-3H3,(H,18,19). The van der Waals surface area contributed by atoms with Crippen molar-refractivity contribution in [3.05, 3.63) is 24.0 Å². The largest absolute Gasteiger partial charge is 0.479 e. The molecule has 0 aliphatic rings. The minimum Gasteiger partial charge on any atom is -0.479 e. The summed E-state index contributed by atoms with van der Waals surface area (Å²) in [5, 5.41) is 20.7. The van der Waals surface area contributed by atoms with Crippen molar-refractivity contribution in [2.75, 3.05) is 0 Å². The molecule has 0 saturated carbocycles. The zero-order chi connectivity index (χ0) is 14.0. The van der Waals surface area contributed by atoms with Crippen LogP contribution in [-0.2, 0) is 10.3 Å². The van der Waals surface area contributed by atoms with E-state index in [1.165, 1.54) is 4.68 Å². The van der Waals surface area contributed by atoms with Crippen LogP contribution in [0.15, 0.2) is 18.3 Å². The highest BCUT2D eigenvalue weighted by Gasteiger charge is 2.37. The van der Waals surface area contributed by atoms with E-state index in [-0.39, 0.29) is 0 Å². The molecular weight excluding hydrogens is 246 g/mol. The quantitative estimate of drug-likeness (QED) is 0.890. The molecule has 0 aromatic carbocycles. The normalized spacial score (nSPS) is 14.1. The lowest BCUT2D eigenvalue weighted by Crippen LogP contribution is -2.39. The Labute approximate surface area is 110 Å². The molecule has 0 fully saturated rings. The summed E-state index contributed by atoms with van der Waals surface area (Å²) in [6.07, 6.45) is 2.01. The van der Waals surface area contributed by atoms with E-state index in [0.29, 0.717) is 17.8 Å². The van der Waals surface area contributed by atoms with Crippen molar-refractivity contribution in [1.29, 1.82) is 0 Å². The van der Waals surface area contributed by atoms with Crippen molar-refractivity contribution in [3.8, 4) is 11.4 Å². The molecule has 0 aliphatic carbocycles. The van der Waals surface area contributed by atoms with E-state index in [1.54, 1.807) is 20.0 Å². The Hall–Kier alpha value is -2.31. The summed E-state index contributed by atoms with van der Waals surface area (Å²) in [5.41, 5.74) is 0.389. The van der Waals surface area contributed by atoms with Gasteiger partial charge in [0.2, 0.25) is 0 Å². The number of carboxylic acids is 1. The number of carboxylic acid groups (broad SMARTS) is 1. The van der Waals surface area contributed by atoms with Crippen LogP contribution in [0, 0.1) is 6.92 Å². The fourth-order valence-electron chi connectivity index (χ4n) is 1.69. The average Bonchev–Trinajstić information content (AvgIpc) is 2.88. The fraction of sp³-hybridized carbons (Fsp3) is 0.417. The minimum absolute atomic E-state index is 0.375. The molecule has 1 unspecified atom stereocenters. The molecule has 7 nitrogen and oxygen atoms in total. The SMILES string of the molecule is CCC(C)(C(=O)O)n1nnnc1-c1ccc(C)nc1. The van der Waals surface area contributed by atoms with Crippen LogP contribution in [0.3, 0.4) is 0 Å². The maximum atomic E-state index is 11.5. The highest BCUT2D eigenvalue weighted by molar-refractivity contribution is 5.77. The first-order valence-corrected chi connectivity index (χ1v) is 5.94. The average molecular weight is 261 g/mol. The molecule has 0 aliphatic heterocycles. The number of rotatable bonds is 4. The summed E-state index contributed by atoms with van der Waals surface area (Å²) in [5.74, 6) is -0.567. The number of aliphatic carboxylic acids is 1. The van der Waals surface area contributed by atoms with E-state index in [2.05, 4.69) is 20.5 Å². The molecule has 7 heteroatoms. The van der Waals surface area contributed by atoms with Crippen molar-refractivity contribution in [1.82, 2.24) is 25.2 Å². The summed E-state index contributed by atoms with van der Waals surface area (Å²) in [4.78, 5) is 15.6. The van der Waals surface area contributed by atoms with Gasteiger partial charge in [-0.2, -0.15) is 0 Å². The molecule has 2 rings (SSSR count). The molecule has 0 bridgehead atoms. The van der Waals surface area contributed by atoms with Crippen LogP contribution < -0.4 is 0 Å². The van der Waals surface area contributed by atoms with Crippen molar-refractivity contribution in [2.24, 2.45) is 0 Å². The van der Waals surface area contributed by atoms with Gasteiger partial charge in [0.25, 0.3) is 0 Å². The second-order valence-corrected chi connectivity index (χ2v) is 4.54. The maximum Gasteiger partial charge on any atom is 0.331 e. The van der Waals surface area contributed by atoms with E-state index < -0.39 is 11.5 Å². The van der Waals surface area contributed by atoms with Crippen molar-refractivity contribution in [2.45, 2.75) is 32.7 Å². The second-order valence-electron chi connectivity index (χ2n) is 4.54. The summed E-state index contributed by atoms with van der Waals surface area (Å²) < 4.78 is 1.33. The smallest absolute Gasteiger partial charge is 0.331 e. The van der Waals surface area contributed by atoms with Gasteiger partial charge in [0.15, 0.2) is 11.4 Å². The third-order valence-corrected chi connectivity index (χ3v) is 3.26. The Morgan fingerprint density at radius 2 is 2.21 bits per heavy atom. The molecule has 100 valence electrons. The molecule has 19 heavy (non-hydrogen) atoms. The monoisotopic (exact) mass is 261 g/mol. The van der Waals surface area contributed by atoms with Gasteiger partial charge in [-0.1, -0.05) is 6.92 Å². The molecule has 0 spiro atoms. The Morgan fingerprint density at radius 3 is 2.74 bits per heavy atom. The van der Waals surface area contributed by atoms with Gasteiger partial charge in [0.1, 0.15) is 0 Å². The fourth-order valence-corrected chi connectivity index (χ4v) is 1.69. The first kappa shape index (κ1) is 13.1. The number of hydrogen-bond donors (Lipinski definition) is 1. The van der Waals surface area contributed by atoms with Crippen LogP contribution in [0.2, 0.25) is 0 Å². The lowest BCUT2D eigenvalue weighted by Gasteiger charge is -2.23. The molecular formula is C12H15N5O2. The van der Waals surface area contributed by atoms with Crippen LogP contribution in [0.1, 0.15) is 26.0 Å². The van der Waals surface area contributed by atoms with E-state index in [1.807, 2.05) is 19.1 Å². The predicted molar refractivity (Wildman–Crippen MR) is 67.4 cm³/mol. The molecule has 2 heterocycles. The van der Waals surface area contributed by atoms with Crippen molar-refractivity contribution < 1.29 is 9.90 Å². The number of carbonyl (C=O) groups is 1. The number of tetrazole rings is 1. The Balaban J connectivity index is 2.54. The van der Waals surface area contributed by atoms with Crippen molar-refractivity contribution >= 4 is 5.97 Å². The van der Waals surface area contributed by atoms with Crippen molar-refractivity contribution in [3.63, 3.8) is 0 Å². The van der Waals surface area contributed by atoms with Gasteiger partial charge in [-0.15, -0.1) is 5.10 Å². The number of aromatic nitrogens is 5. The van der Waals surface area contributed by atoms with Gasteiger partial charge in [-0.05, 0) is 42.8 Å².